The summed E-state index contributed by atoms with van der Waals surface area (Å²) in [5, 5.41) is 6.88. The van der Waals surface area contributed by atoms with Crippen LogP contribution >= 0.6 is 11.6 Å². The highest BCUT2D eigenvalue weighted by atomic mass is 35.5. The van der Waals surface area contributed by atoms with Gasteiger partial charge < -0.3 is 15.5 Å². The minimum absolute atomic E-state index is 0.0465. The number of nitrogens with one attached hydrogen (secondary N) is 2. The normalized spacial score (nSPS) is 15.2. The molecule has 0 bridgehead atoms. The Morgan fingerprint density at radius 1 is 1.08 bits per heavy atom. The number of carbonyl (C=O) groups excluding carboxylic acids is 1. The number of hydrogen-bond acceptors (Lipinski definition) is 3. The van der Waals surface area contributed by atoms with Crippen molar-refractivity contribution in [3.63, 3.8) is 0 Å². The topological polar surface area (TPSA) is 44.4 Å². The van der Waals surface area contributed by atoms with Gasteiger partial charge in [-0.2, -0.15) is 0 Å². The van der Waals surface area contributed by atoms with Gasteiger partial charge in [0.05, 0.1) is 6.54 Å². The third-order valence-corrected chi connectivity index (χ3v) is 4.81. The molecule has 1 fully saturated rings. The molecule has 25 heavy (non-hydrogen) atoms. The molecule has 3 rings (SSSR count). The van der Waals surface area contributed by atoms with E-state index in [-0.39, 0.29) is 18.5 Å². The van der Waals surface area contributed by atoms with Crippen molar-refractivity contribution in [2.45, 2.75) is 25.8 Å². The number of amides is 1. The van der Waals surface area contributed by atoms with Gasteiger partial charge in [-0.1, -0.05) is 23.7 Å². The first-order valence-electron chi connectivity index (χ1n) is 8.75. The van der Waals surface area contributed by atoms with Crippen molar-refractivity contribution in [3.8, 4) is 0 Å². The van der Waals surface area contributed by atoms with Crippen LogP contribution in [0.3, 0.4) is 0 Å². The quantitative estimate of drug-likeness (QED) is 0.813. The number of carbonyl (C=O) groups is 1. The van der Waals surface area contributed by atoms with E-state index in [1.165, 1.54) is 18.5 Å². The van der Waals surface area contributed by atoms with Gasteiger partial charge >= 0.3 is 0 Å². The van der Waals surface area contributed by atoms with Gasteiger partial charge in [-0.25, -0.2) is 0 Å². The van der Waals surface area contributed by atoms with Crippen molar-refractivity contribution in [1.29, 1.82) is 0 Å². The molecule has 0 aliphatic carbocycles. The van der Waals surface area contributed by atoms with E-state index in [1.807, 2.05) is 43.3 Å². The van der Waals surface area contributed by atoms with E-state index in [9.17, 15) is 4.79 Å². The van der Waals surface area contributed by atoms with Crippen molar-refractivity contribution in [2.75, 3.05) is 29.9 Å². The zero-order chi connectivity index (χ0) is 17.6. The minimum atomic E-state index is -0.0465. The van der Waals surface area contributed by atoms with Crippen LogP contribution in [-0.2, 0) is 4.79 Å². The Kier molecular flexibility index (Phi) is 5.95. The SMILES string of the molecule is C[C@H](NCC(=O)Nc1ccc(N2CCCC2)cc1)c1ccc(Cl)cc1. The van der Waals surface area contributed by atoms with Crippen LogP contribution in [0.2, 0.25) is 5.02 Å². The van der Waals surface area contributed by atoms with Crippen LogP contribution < -0.4 is 15.5 Å². The molecule has 2 aromatic carbocycles. The number of nitrogens with zero attached hydrogens (tertiary/aromatic N) is 1. The highest BCUT2D eigenvalue weighted by molar-refractivity contribution is 6.30. The van der Waals surface area contributed by atoms with E-state index in [2.05, 4.69) is 27.7 Å². The molecule has 1 aliphatic rings. The second kappa shape index (κ2) is 8.37. The molecule has 0 spiro atoms. The van der Waals surface area contributed by atoms with Crippen LogP contribution in [0, 0.1) is 0 Å². The molecule has 2 N–H and O–H groups in total. The monoisotopic (exact) mass is 357 g/mol. The Labute approximate surface area is 154 Å². The second-order valence-corrected chi connectivity index (χ2v) is 6.88. The number of halogens is 1. The van der Waals surface area contributed by atoms with Crippen molar-refractivity contribution in [2.24, 2.45) is 0 Å². The van der Waals surface area contributed by atoms with Gasteiger partial charge in [0.1, 0.15) is 0 Å². The van der Waals surface area contributed by atoms with Crippen molar-refractivity contribution in [1.82, 2.24) is 5.32 Å². The maximum atomic E-state index is 12.1. The van der Waals surface area contributed by atoms with Crippen LogP contribution in [0.15, 0.2) is 48.5 Å². The number of rotatable bonds is 6. The van der Waals surface area contributed by atoms with E-state index in [1.54, 1.807) is 0 Å². The largest absolute Gasteiger partial charge is 0.372 e. The lowest BCUT2D eigenvalue weighted by Gasteiger charge is -2.18. The van der Waals surface area contributed by atoms with Gasteiger partial charge in [-0.15, -0.1) is 0 Å². The summed E-state index contributed by atoms with van der Waals surface area (Å²) < 4.78 is 0. The van der Waals surface area contributed by atoms with E-state index >= 15 is 0 Å². The molecular formula is C20H24ClN3O. The maximum Gasteiger partial charge on any atom is 0.238 e. The van der Waals surface area contributed by atoms with Crippen LogP contribution in [0.1, 0.15) is 31.4 Å². The number of anilines is 2. The summed E-state index contributed by atoms with van der Waals surface area (Å²) in [6.45, 7) is 4.54. The van der Waals surface area contributed by atoms with Crippen molar-refractivity contribution in [3.05, 3.63) is 59.1 Å². The molecule has 132 valence electrons. The van der Waals surface area contributed by atoms with Gasteiger partial charge in [0, 0.05) is 35.5 Å². The Morgan fingerprint density at radius 2 is 1.72 bits per heavy atom. The molecule has 0 radical (unpaired) electrons. The summed E-state index contributed by atoms with van der Waals surface area (Å²) in [5.74, 6) is -0.0465. The lowest BCUT2D eigenvalue weighted by molar-refractivity contribution is -0.115. The predicted octanol–water partition coefficient (Wildman–Crippen LogP) is 4.23. The van der Waals surface area contributed by atoms with Gasteiger partial charge in [0.2, 0.25) is 5.91 Å². The Bertz CT molecular complexity index is 694. The molecule has 1 atom stereocenters. The van der Waals surface area contributed by atoms with Gasteiger partial charge in [-0.05, 0) is 61.7 Å². The highest BCUT2D eigenvalue weighted by Gasteiger charge is 2.12. The molecule has 1 amide bonds. The van der Waals surface area contributed by atoms with E-state index in [0.717, 1.165) is 24.3 Å². The number of benzene rings is 2. The predicted molar refractivity (Wildman–Crippen MR) is 104 cm³/mol. The standard InChI is InChI=1S/C20H24ClN3O/c1-15(16-4-6-17(21)7-5-16)22-14-20(25)23-18-8-10-19(11-9-18)24-12-2-3-13-24/h4-11,15,22H,2-3,12-14H2,1H3,(H,23,25)/t15-/m0/s1. The highest BCUT2D eigenvalue weighted by Crippen LogP contribution is 2.22. The summed E-state index contributed by atoms with van der Waals surface area (Å²) in [4.78, 5) is 14.5. The summed E-state index contributed by atoms with van der Waals surface area (Å²) in [5.41, 5.74) is 3.16. The Balaban J connectivity index is 1.47. The number of hydrogen-bond donors (Lipinski definition) is 2. The third kappa shape index (κ3) is 4.97. The first-order valence-corrected chi connectivity index (χ1v) is 9.13. The first-order chi connectivity index (χ1) is 12.1. The molecule has 1 aliphatic heterocycles. The molecule has 0 saturated carbocycles. The molecule has 1 saturated heterocycles. The van der Waals surface area contributed by atoms with Crippen LogP contribution in [0.4, 0.5) is 11.4 Å². The van der Waals surface area contributed by atoms with E-state index < -0.39 is 0 Å². The second-order valence-electron chi connectivity index (χ2n) is 6.44. The smallest absolute Gasteiger partial charge is 0.238 e. The van der Waals surface area contributed by atoms with Gasteiger partial charge in [-0.3, -0.25) is 4.79 Å². The molecule has 4 nitrogen and oxygen atoms in total. The van der Waals surface area contributed by atoms with E-state index in [4.69, 9.17) is 11.6 Å². The first kappa shape index (κ1) is 17.8. The summed E-state index contributed by atoms with van der Waals surface area (Å²) in [7, 11) is 0. The minimum Gasteiger partial charge on any atom is -0.372 e. The summed E-state index contributed by atoms with van der Waals surface area (Å²) in [6.07, 6.45) is 2.52. The molecule has 5 heteroatoms. The van der Waals surface area contributed by atoms with Gasteiger partial charge in [0.15, 0.2) is 0 Å². The molecule has 1 heterocycles. The average molecular weight is 358 g/mol. The average Bonchev–Trinajstić information content (AvgIpc) is 3.15. The van der Waals surface area contributed by atoms with Crippen molar-refractivity contribution >= 4 is 28.9 Å². The third-order valence-electron chi connectivity index (χ3n) is 4.56. The van der Waals surface area contributed by atoms with Gasteiger partial charge in [0.25, 0.3) is 0 Å². The van der Waals surface area contributed by atoms with Crippen LogP contribution in [-0.4, -0.2) is 25.5 Å². The maximum absolute atomic E-state index is 12.1. The fraction of sp³-hybridized carbons (Fsp3) is 0.350. The summed E-state index contributed by atoms with van der Waals surface area (Å²) >= 11 is 5.90. The zero-order valence-corrected chi connectivity index (χ0v) is 15.2. The Hall–Kier alpha value is -2.04. The lowest BCUT2D eigenvalue weighted by atomic mass is 10.1. The lowest BCUT2D eigenvalue weighted by Crippen LogP contribution is -2.30. The molecule has 0 unspecified atom stereocenters. The molecular weight excluding hydrogens is 334 g/mol. The fourth-order valence-electron chi connectivity index (χ4n) is 3.05. The summed E-state index contributed by atoms with van der Waals surface area (Å²) in [6, 6.07) is 15.8. The zero-order valence-electron chi connectivity index (χ0n) is 14.5. The van der Waals surface area contributed by atoms with Crippen LogP contribution in [0.25, 0.3) is 0 Å². The molecule has 2 aromatic rings. The molecule has 0 aromatic heterocycles. The van der Waals surface area contributed by atoms with E-state index in [0.29, 0.717) is 5.02 Å². The van der Waals surface area contributed by atoms with Crippen LogP contribution in [0.5, 0.6) is 0 Å². The van der Waals surface area contributed by atoms with Crippen molar-refractivity contribution < 1.29 is 4.79 Å². The fourth-order valence-corrected chi connectivity index (χ4v) is 3.18. The Morgan fingerprint density at radius 3 is 2.36 bits per heavy atom.